The SMILES string of the molecule is CCC(C)n1ncn(-c2ccc(NCCNc3ccc(OC[C@@H]4CO[C@@](Cn5nccn5)(c5ccc6ncsc6c5)O4)cc3)cc2)c1=O. The Morgan fingerprint density at radius 3 is 2.46 bits per heavy atom. The molecule has 1 fully saturated rings. The summed E-state index contributed by atoms with van der Waals surface area (Å²) in [6.07, 6.45) is 5.42. The Bertz CT molecular complexity index is 1990. The van der Waals surface area contributed by atoms with Crippen LogP contribution in [0.2, 0.25) is 0 Å². The number of thiazole rings is 1. The molecule has 2 N–H and O–H groups in total. The number of hydrogen-bond donors (Lipinski definition) is 2. The molecule has 0 amide bonds. The summed E-state index contributed by atoms with van der Waals surface area (Å²) in [6, 6.07) is 21.7. The number of nitrogens with zero attached hydrogens (tertiary/aromatic N) is 7. The van der Waals surface area contributed by atoms with Crippen molar-refractivity contribution in [3.8, 4) is 11.4 Å². The standard InChI is InChI=1S/C34H37N9O4S/c1-3-24(2)43-33(44)41(22-40-43)28-9-5-26(6-10-28)35-14-15-36-27-7-11-29(12-8-27)45-19-30-20-46-34(47-30,21-42-38-16-17-39-42)25-4-13-31-32(18-25)48-23-37-31/h4-13,16-18,22-24,30,35-36H,3,14-15,19-21H2,1-2H3/t24?,30-,34-/m1/s1. The zero-order chi connectivity index (χ0) is 32.9. The minimum Gasteiger partial charge on any atom is -0.491 e. The third kappa shape index (κ3) is 6.81. The average molecular weight is 668 g/mol. The largest absolute Gasteiger partial charge is 0.491 e. The predicted molar refractivity (Wildman–Crippen MR) is 184 cm³/mol. The Labute approximate surface area is 281 Å². The average Bonchev–Trinajstić information content (AvgIpc) is 3.94. The van der Waals surface area contributed by atoms with E-state index in [0.29, 0.717) is 26.3 Å². The number of nitrogens with one attached hydrogen (secondary N) is 2. The Hall–Kier alpha value is -5.05. The quantitative estimate of drug-likeness (QED) is 0.152. The summed E-state index contributed by atoms with van der Waals surface area (Å²) in [5, 5.41) is 19.7. The molecule has 6 aromatic rings. The lowest BCUT2D eigenvalue weighted by Gasteiger charge is -2.28. The third-order valence-electron chi connectivity index (χ3n) is 8.37. The van der Waals surface area contributed by atoms with Gasteiger partial charge in [-0.25, -0.2) is 19.0 Å². The van der Waals surface area contributed by atoms with Crippen LogP contribution in [-0.4, -0.2) is 66.7 Å². The molecule has 1 aliphatic rings. The molecule has 0 aliphatic carbocycles. The van der Waals surface area contributed by atoms with Gasteiger partial charge in [0.15, 0.2) is 0 Å². The van der Waals surface area contributed by atoms with Crippen molar-refractivity contribution in [3.05, 3.63) is 107 Å². The van der Waals surface area contributed by atoms with Gasteiger partial charge in [0, 0.05) is 30.0 Å². The highest BCUT2D eigenvalue weighted by molar-refractivity contribution is 7.16. The van der Waals surface area contributed by atoms with E-state index < -0.39 is 5.79 Å². The number of ether oxygens (including phenoxy) is 3. The second-order valence-electron chi connectivity index (χ2n) is 11.6. The van der Waals surface area contributed by atoms with Gasteiger partial charge in [0.2, 0.25) is 5.79 Å². The van der Waals surface area contributed by atoms with Gasteiger partial charge >= 0.3 is 5.69 Å². The van der Waals surface area contributed by atoms with E-state index in [1.807, 2.05) is 80.0 Å². The monoisotopic (exact) mass is 667 g/mol. The fourth-order valence-electron chi connectivity index (χ4n) is 5.56. The summed E-state index contributed by atoms with van der Waals surface area (Å²) in [5.41, 5.74) is 6.28. The van der Waals surface area contributed by atoms with Crippen LogP contribution in [-0.2, 0) is 21.8 Å². The molecule has 4 heterocycles. The van der Waals surface area contributed by atoms with Crippen molar-refractivity contribution in [2.75, 3.05) is 36.9 Å². The molecule has 0 spiro atoms. The van der Waals surface area contributed by atoms with Crippen molar-refractivity contribution in [2.45, 2.75) is 44.7 Å². The maximum absolute atomic E-state index is 12.7. The molecule has 0 radical (unpaired) electrons. The van der Waals surface area contributed by atoms with E-state index in [9.17, 15) is 4.79 Å². The molecule has 13 nitrogen and oxygen atoms in total. The van der Waals surface area contributed by atoms with E-state index in [4.69, 9.17) is 14.2 Å². The summed E-state index contributed by atoms with van der Waals surface area (Å²) >= 11 is 1.58. The smallest absolute Gasteiger partial charge is 0.350 e. The number of rotatable bonds is 14. The molecule has 3 aromatic carbocycles. The van der Waals surface area contributed by atoms with Crippen molar-refractivity contribution >= 4 is 32.9 Å². The van der Waals surface area contributed by atoms with Gasteiger partial charge in [-0.1, -0.05) is 13.0 Å². The maximum Gasteiger partial charge on any atom is 0.350 e. The normalized spacial score (nSPS) is 18.2. The van der Waals surface area contributed by atoms with Crippen LogP contribution in [0.3, 0.4) is 0 Å². The zero-order valence-corrected chi connectivity index (χ0v) is 27.5. The van der Waals surface area contributed by atoms with Gasteiger partial charge in [0.25, 0.3) is 0 Å². The van der Waals surface area contributed by atoms with Crippen LogP contribution >= 0.6 is 11.3 Å². The van der Waals surface area contributed by atoms with Crippen molar-refractivity contribution in [1.82, 2.24) is 34.3 Å². The molecular weight excluding hydrogens is 631 g/mol. The molecule has 248 valence electrons. The van der Waals surface area contributed by atoms with Gasteiger partial charge in [0.05, 0.1) is 46.5 Å². The van der Waals surface area contributed by atoms with Crippen LogP contribution in [0.1, 0.15) is 31.9 Å². The fraction of sp³-hybridized carbons (Fsp3) is 0.324. The van der Waals surface area contributed by atoms with Gasteiger partial charge in [-0.2, -0.15) is 20.1 Å². The highest BCUT2D eigenvalue weighted by Gasteiger charge is 2.45. The molecule has 48 heavy (non-hydrogen) atoms. The molecule has 14 heteroatoms. The molecule has 1 aliphatic heterocycles. The first-order valence-electron chi connectivity index (χ1n) is 16.0. The van der Waals surface area contributed by atoms with Crippen molar-refractivity contribution in [1.29, 1.82) is 0 Å². The molecular formula is C34H37N9O4S. The number of fused-ring (bicyclic) bond motifs is 1. The highest BCUT2D eigenvalue weighted by Crippen LogP contribution is 2.38. The maximum atomic E-state index is 12.7. The fourth-order valence-corrected chi connectivity index (χ4v) is 6.27. The lowest BCUT2D eigenvalue weighted by atomic mass is 10.1. The number of benzene rings is 3. The second-order valence-corrected chi connectivity index (χ2v) is 12.5. The Balaban J connectivity index is 0.883. The molecule has 0 saturated carbocycles. The van der Waals surface area contributed by atoms with Crippen molar-refractivity contribution in [2.24, 2.45) is 0 Å². The summed E-state index contributed by atoms with van der Waals surface area (Å²) in [4.78, 5) is 18.6. The summed E-state index contributed by atoms with van der Waals surface area (Å²) < 4.78 is 23.1. The van der Waals surface area contributed by atoms with Crippen molar-refractivity contribution < 1.29 is 14.2 Å². The number of anilines is 2. The Kier molecular flexibility index (Phi) is 9.18. The number of hydrogen-bond acceptors (Lipinski definition) is 11. The predicted octanol–water partition coefficient (Wildman–Crippen LogP) is 5.08. The van der Waals surface area contributed by atoms with Crippen molar-refractivity contribution in [3.63, 3.8) is 0 Å². The van der Waals surface area contributed by atoms with E-state index in [-0.39, 0.29) is 17.8 Å². The summed E-state index contributed by atoms with van der Waals surface area (Å²) in [6.45, 7) is 6.49. The minimum atomic E-state index is -1.04. The van der Waals surface area contributed by atoms with E-state index in [1.54, 1.807) is 39.4 Å². The van der Waals surface area contributed by atoms with Crippen LogP contribution in [0.5, 0.6) is 5.75 Å². The second kappa shape index (κ2) is 14.0. The Morgan fingerprint density at radius 2 is 1.73 bits per heavy atom. The zero-order valence-electron chi connectivity index (χ0n) is 26.7. The molecule has 1 unspecified atom stereocenters. The minimum absolute atomic E-state index is 0.0624. The van der Waals surface area contributed by atoms with Gasteiger partial charge < -0.3 is 24.8 Å². The lowest BCUT2D eigenvalue weighted by molar-refractivity contribution is -0.192. The van der Waals surface area contributed by atoms with E-state index in [0.717, 1.165) is 51.6 Å². The van der Waals surface area contributed by atoms with Gasteiger partial charge in [0.1, 0.15) is 31.3 Å². The van der Waals surface area contributed by atoms with Gasteiger partial charge in [-0.05, 0) is 74.0 Å². The first-order chi connectivity index (χ1) is 23.5. The van der Waals surface area contributed by atoms with Crippen LogP contribution in [0.4, 0.5) is 11.4 Å². The summed E-state index contributed by atoms with van der Waals surface area (Å²) in [7, 11) is 0. The van der Waals surface area contributed by atoms with E-state index in [1.165, 1.54) is 4.68 Å². The molecule has 7 rings (SSSR count). The third-order valence-corrected chi connectivity index (χ3v) is 9.16. The molecule has 0 bridgehead atoms. The summed E-state index contributed by atoms with van der Waals surface area (Å²) in [5.74, 6) is -0.292. The first-order valence-corrected chi connectivity index (χ1v) is 16.8. The van der Waals surface area contributed by atoms with E-state index >= 15 is 0 Å². The van der Waals surface area contributed by atoms with Crippen LogP contribution in [0, 0.1) is 0 Å². The molecule has 1 saturated heterocycles. The molecule has 3 aromatic heterocycles. The van der Waals surface area contributed by atoms with Gasteiger partial charge in [-0.3, -0.25) is 0 Å². The van der Waals surface area contributed by atoms with Crippen LogP contribution in [0.15, 0.2) is 95.8 Å². The lowest BCUT2D eigenvalue weighted by Crippen LogP contribution is -2.35. The van der Waals surface area contributed by atoms with E-state index in [2.05, 4.69) is 37.0 Å². The highest BCUT2D eigenvalue weighted by atomic mass is 32.1. The van der Waals surface area contributed by atoms with Crippen LogP contribution in [0.25, 0.3) is 15.9 Å². The topological polar surface area (TPSA) is 135 Å². The number of aromatic nitrogens is 7. The first kappa shape index (κ1) is 31.5. The molecule has 3 atom stereocenters. The Morgan fingerprint density at radius 1 is 1.00 bits per heavy atom. The van der Waals surface area contributed by atoms with Gasteiger partial charge in [-0.15, -0.1) is 11.3 Å². The van der Waals surface area contributed by atoms with Crippen LogP contribution < -0.4 is 21.1 Å².